The Balaban J connectivity index is 2.21. The van der Waals surface area contributed by atoms with E-state index in [4.69, 9.17) is 10.5 Å². The minimum absolute atomic E-state index is 0.0801. The molecule has 7 heteroatoms. The zero-order chi connectivity index (χ0) is 15.4. The fraction of sp³-hybridized carbons (Fsp3) is 0.143. The van der Waals surface area contributed by atoms with Gasteiger partial charge in [-0.3, -0.25) is 4.79 Å². The Hall–Kier alpha value is -2.70. The van der Waals surface area contributed by atoms with Crippen LogP contribution in [0.15, 0.2) is 30.5 Å². The third-order valence-electron chi connectivity index (χ3n) is 2.84. The lowest BCUT2D eigenvalue weighted by atomic mass is 10.2. The summed E-state index contributed by atoms with van der Waals surface area (Å²) in [6, 6.07) is 5.03. The van der Waals surface area contributed by atoms with Gasteiger partial charge in [-0.25, -0.2) is 13.8 Å². The molecule has 0 radical (unpaired) electrons. The summed E-state index contributed by atoms with van der Waals surface area (Å²) < 4.78 is 31.9. The van der Waals surface area contributed by atoms with Crippen LogP contribution in [0.3, 0.4) is 0 Å². The number of nitrogens with zero attached hydrogens (tertiary/aromatic N) is 1. The molecule has 0 atom stereocenters. The van der Waals surface area contributed by atoms with Crippen molar-refractivity contribution < 1.29 is 18.3 Å². The molecular weight excluding hydrogens is 280 g/mol. The van der Waals surface area contributed by atoms with Crippen LogP contribution in [0, 0.1) is 11.6 Å². The van der Waals surface area contributed by atoms with Gasteiger partial charge in [0.25, 0.3) is 5.91 Å². The molecule has 0 aliphatic rings. The van der Waals surface area contributed by atoms with Gasteiger partial charge in [0, 0.05) is 12.1 Å². The molecule has 0 aliphatic carbocycles. The predicted octanol–water partition coefficient (Wildman–Crippen LogP) is 2.08. The number of hydrogen-bond acceptors (Lipinski definition) is 4. The molecule has 0 fully saturated rings. The number of pyridine rings is 1. The molecule has 0 bridgehead atoms. The standard InChI is InChI=1S/C14H13F2N3O2/c1-21-14-9(13(17)20)5-8(6-19-14)18-7-10-11(15)3-2-4-12(10)16/h2-6,18H,7H2,1H3,(H2,17,20). The highest BCUT2D eigenvalue weighted by Gasteiger charge is 2.12. The van der Waals surface area contributed by atoms with E-state index in [1.165, 1.54) is 37.6 Å². The number of hydrogen-bond donors (Lipinski definition) is 2. The molecule has 2 rings (SSSR count). The number of halogens is 2. The van der Waals surface area contributed by atoms with Gasteiger partial charge in [0.05, 0.1) is 19.0 Å². The van der Waals surface area contributed by atoms with Crippen molar-refractivity contribution in [2.75, 3.05) is 12.4 Å². The topological polar surface area (TPSA) is 77.2 Å². The van der Waals surface area contributed by atoms with Crippen molar-refractivity contribution in [1.29, 1.82) is 0 Å². The Kier molecular flexibility index (Phi) is 4.32. The first-order valence-corrected chi connectivity index (χ1v) is 6.03. The van der Waals surface area contributed by atoms with Gasteiger partial charge in [-0.15, -0.1) is 0 Å². The first-order chi connectivity index (χ1) is 10.0. The molecule has 0 saturated carbocycles. The molecule has 1 aromatic carbocycles. The van der Waals surface area contributed by atoms with Crippen molar-refractivity contribution >= 4 is 11.6 Å². The summed E-state index contributed by atoms with van der Waals surface area (Å²) in [6.45, 7) is -0.0925. The lowest BCUT2D eigenvalue weighted by molar-refractivity contribution is 0.0996. The van der Waals surface area contributed by atoms with E-state index in [0.29, 0.717) is 5.69 Å². The van der Waals surface area contributed by atoms with E-state index >= 15 is 0 Å². The molecule has 3 N–H and O–H groups in total. The first kappa shape index (κ1) is 14.7. The first-order valence-electron chi connectivity index (χ1n) is 6.03. The summed E-state index contributed by atoms with van der Waals surface area (Å²) >= 11 is 0. The zero-order valence-electron chi connectivity index (χ0n) is 11.2. The molecule has 1 heterocycles. The lowest BCUT2D eigenvalue weighted by Gasteiger charge is -2.10. The smallest absolute Gasteiger partial charge is 0.254 e. The molecule has 2 aromatic rings. The van der Waals surface area contributed by atoms with Crippen LogP contribution in [0.1, 0.15) is 15.9 Å². The second-order valence-electron chi connectivity index (χ2n) is 4.20. The second kappa shape index (κ2) is 6.17. The second-order valence-corrected chi connectivity index (χ2v) is 4.20. The Morgan fingerprint density at radius 3 is 2.62 bits per heavy atom. The molecule has 1 amide bonds. The number of methoxy groups -OCH3 is 1. The molecule has 0 spiro atoms. The normalized spacial score (nSPS) is 10.2. The Morgan fingerprint density at radius 1 is 1.38 bits per heavy atom. The molecule has 5 nitrogen and oxygen atoms in total. The van der Waals surface area contributed by atoms with E-state index in [1.54, 1.807) is 0 Å². The number of anilines is 1. The third-order valence-corrected chi connectivity index (χ3v) is 2.84. The number of rotatable bonds is 5. The van der Waals surface area contributed by atoms with Crippen LogP contribution in [0.5, 0.6) is 5.88 Å². The summed E-state index contributed by atoms with van der Waals surface area (Å²) in [5.41, 5.74) is 5.58. The monoisotopic (exact) mass is 293 g/mol. The van der Waals surface area contributed by atoms with Crippen LogP contribution in [0.4, 0.5) is 14.5 Å². The molecule has 1 aromatic heterocycles. The Morgan fingerprint density at radius 2 is 2.05 bits per heavy atom. The van der Waals surface area contributed by atoms with Crippen LogP contribution in [0.2, 0.25) is 0 Å². The van der Waals surface area contributed by atoms with Crippen LogP contribution >= 0.6 is 0 Å². The molecule has 0 aliphatic heterocycles. The fourth-order valence-corrected chi connectivity index (χ4v) is 1.78. The van der Waals surface area contributed by atoms with E-state index in [9.17, 15) is 13.6 Å². The molecule has 21 heavy (non-hydrogen) atoms. The number of carbonyl (C=O) groups is 1. The van der Waals surface area contributed by atoms with Crippen molar-refractivity contribution in [2.24, 2.45) is 5.73 Å². The summed E-state index contributed by atoms with van der Waals surface area (Å²) in [4.78, 5) is 15.2. The van der Waals surface area contributed by atoms with E-state index < -0.39 is 17.5 Å². The molecular formula is C14H13F2N3O2. The zero-order valence-corrected chi connectivity index (χ0v) is 11.2. The van der Waals surface area contributed by atoms with Crippen LogP contribution in [-0.4, -0.2) is 18.0 Å². The largest absolute Gasteiger partial charge is 0.480 e. The Bertz CT molecular complexity index is 657. The maximum absolute atomic E-state index is 13.5. The van der Waals surface area contributed by atoms with E-state index in [2.05, 4.69) is 10.3 Å². The maximum atomic E-state index is 13.5. The maximum Gasteiger partial charge on any atom is 0.254 e. The highest BCUT2D eigenvalue weighted by atomic mass is 19.1. The average Bonchev–Trinajstić information content (AvgIpc) is 2.46. The third kappa shape index (κ3) is 3.25. The van der Waals surface area contributed by atoms with Gasteiger partial charge in [-0.2, -0.15) is 0 Å². The summed E-state index contributed by atoms with van der Waals surface area (Å²) in [5.74, 6) is -1.93. The van der Waals surface area contributed by atoms with Crippen molar-refractivity contribution in [3.8, 4) is 5.88 Å². The van der Waals surface area contributed by atoms with Gasteiger partial charge in [0.1, 0.15) is 17.2 Å². The predicted molar refractivity (Wildman–Crippen MR) is 73.0 cm³/mol. The summed E-state index contributed by atoms with van der Waals surface area (Å²) in [5, 5.41) is 2.78. The molecule has 0 saturated heterocycles. The fourth-order valence-electron chi connectivity index (χ4n) is 1.78. The van der Waals surface area contributed by atoms with Crippen LogP contribution < -0.4 is 15.8 Å². The number of ether oxygens (including phenoxy) is 1. The van der Waals surface area contributed by atoms with E-state index in [-0.39, 0.29) is 23.6 Å². The van der Waals surface area contributed by atoms with Gasteiger partial charge in [0.2, 0.25) is 5.88 Å². The number of nitrogens with one attached hydrogen (secondary N) is 1. The van der Waals surface area contributed by atoms with Gasteiger partial charge in [0.15, 0.2) is 0 Å². The number of primary amides is 1. The van der Waals surface area contributed by atoms with Crippen molar-refractivity contribution in [2.45, 2.75) is 6.54 Å². The van der Waals surface area contributed by atoms with Crippen molar-refractivity contribution in [3.05, 3.63) is 53.2 Å². The van der Waals surface area contributed by atoms with Gasteiger partial charge in [-0.05, 0) is 18.2 Å². The number of amides is 1. The summed E-state index contributed by atoms with van der Waals surface area (Å²) in [7, 11) is 1.36. The summed E-state index contributed by atoms with van der Waals surface area (Å²) in [6.07, 6.45) is 1.38. The quantitative estimate of drug-likeness (QED) is 0.884. The van der Waals surface area contributed by atoms with E-state index in [1.807, 2.05) is 0 Å². The number of aromatic nitrogens is 1. The SMILES string of the molecule is COc1ncc(NCc2c(F)cccc2F)cc1C(N)=O. The molecule has 110 valence electrons. The minimum Gasteiger partial charge on any atom is -0.480 e. The van der Waals surface area contributed by atoms with Gasteiger partial charge < -0.3 is 15.8 Å². The highest BCUT2D eigenvalue weighted by molar-refractivity contribution is 5.95. The number of benzene rings is 1. The number of nitrogens with two attached hydrogens (primary N) is 1. The molecule has 0 unspecified atom stereocenters. The number of carbonyl (C=O) groups excluding carboxylic acids is 1. The highest BCUT2D eigenvalue weighted by Crippen LogP contribution is 2.20. The van der Waals surface area contributed by atoms with Crippen molar-refractivity contribution in [1.82, 2.24) is 4.98 Å². The van der Waals surface area contributed by atoms with Crippen LogP contribution in [-0.2, 0) is 6.54 Å². The Labute approximate surface area is 119 Å². The van der Waals surface area contributed by atoms with E-state index in [0.717, 1.165) is 0 Å². The minimum atomic E-state index is -0.708. The van der Waals surface area contributed by atoms with Crippen LogP contribution in [0.25, 0.3) is 0 Å². The van der Waals surface area contributed by atoms with Gasteiger partial charge >= 0.3 is 0 Å². The average molecular weight is 293 g/mol. The van der Waals surface area contributed by atoms with Crippen molar-refractivity contribution in [3.63, 3.8) is 0 Å². The lowest BCUT2D eigenvalue weighted by Crippen LogP contribution is -2.14. The van der Waals surface area contributed by atoms with Gasteiger partial charge in [-0.1, -0.05) is 6.07 Å².